The van der Waals surface area contributed by atoms with Gasteiger partial charge in [-0.25, -0.2) is 0 Å². The summed E-state index contributed by atoms with van der Waals surface area (Å²) in [6.45, 7) is 3.78. The number of nitrogen functional groups attached to an aromatic ring is 1. The number of hydrogen-bond acceptors (Lipinski definition) is 5. The lowest BCUT2D eigenvalue weighted by Crippen LogP contribution is -1.92. The molecule has 0 unspecified atom stereocenters. The Kier molecular flexibility index (Phi) is 3.14. The van der Waals surface area contributed by atoms with E-state index in [0.717, 1.165) is 16.1 Å². The number of nitrogens with two attached hydrogens (primary N) is 1. The Morgan fingerprint density at radius 3 is 2.81 bits per heavy atom. The number of para-hydroxylation sites is 1. The molecular weight excluding hydrogens is 222 g/mol. The molecule has 16 heavy (non-hydrogen) atoms. The van der Waals surface area contributed by atoms with Crippen molar-refractivity contribution in [3.8, 4) is 0 Å². The van der Waals surface area contributed by atoms with Gasteiger partial charge in [-0.3, -0.25) is 0 Å². The van der Waals surface area contributed by atoms with Crippen LogP contribution in [-0.2, 0) is 5.75 Å². The van der Waals surface area contributed by atoms with Crippen molar-refractivity contribution in [3.63, 3.8) is 0 Å². The summed E-state index contributed by atoms with van der Waals surface area (Å²) in [7, 11) is 0. The predicted molar refractivity (Wildman–Crippen MR) is 64.2 cm³/mol. The van der Waals surface area contributed by atoms with E-state index in [1.165, 1.54) is 0 Å². The SMILES string of the molecule is Cc1nnc(CSc2cccc(C)c2N)o1. The summed E-state index contributed by atoms with van der Waals surface area (Å²) in [6, 6.07) is 5.99. The van der Waals surface area contributed by atoms with E-state index in [1.54, 1.807) is 18.7 Å². The zero-order valence-electron chi connectivity index (χ0n) is 9.23. The van der Waals surface area contributed by atoms with Crippen LogP contribution in [0.15, 0.2) is 27.5 Å². The lowest BCUT2D eigenvalue weighted by molar-refractivity contribution is 0.485. The standard InChI is InChI=1S/C11H13N3OS/c1-7-4-3-5-9(11(7)12)16-6-10-14-13-8(2)15-10/h3-5H,6,12H2,1-2H3. The quantitative estimate of drug-likeness (QED) is 0.654. The molecule has 0 bridgehead atoms. The van der Waals surface area contributed by atoms with E-state index in [-0.39, 0.29) is 0 Å². The lowest BCUT2D eigenvalue weighted by Gasteiger charge is -2.05. The zero-order valence-corrected chi connectivity index (χ0v) is 10.0. The van der Waals surface area contributed by atoms with Crippen molar-refractivity contribution >= 4 is 17.4 Å². The van der Waals surface area contributed by atoms with Crippen molar-refractivity contribution in [2.75, 3.05) is 5.73 Å². The van der Waals surface area contributed by atoms with E-state index in [1.807, 2.05) is 25.1 Å². The molecule has 0 spiro atoms. The third-order valence-corrected chi connectivity index (χ3v) is 3.26. The van der Waals surface area contributed by atoms with Gasteiger partial charge in [0.25, 0.3) is 0 Å². The highest BCUT2D eigenvalue weighted by molar-refractivity contribution is 7.98. The van der Waals surface area contributed by atoms with Crippen LogP contribution in [0.5, 0.6) is 0 Å². The Bertz CT molecular complexity index is 496. The number of aryl methyl sites for hydroxylation is 2. The number of rotatable bonds is 3. The lowest BCUT2D eigenvalue weighted by atomic mass is 10.2. The van der Waals surface area contributed by atoms with Crippen LogP contribution in [0.1, 0.15) is 17.3 Å². The van der Waals surface area contributed by atoms with Crippen LogP contribution >= 0.6 is 11.8 Å². The van der Waals surface area contributed by atoms with Gasteiger partial charge in [0.1, 0.15) is 0 Å². The van der Waals surface area contributed by atoms with E-state index >= 15 is 0 Å². The molecule has 0 saturated heterocycles. The van der Waals surface area contributed by atoms with Crippen molar-refractivity contribution in [1.29, 1.82) is 0 Å². The fraction of sp³-hybridized carbons (Fsp3) is 0.273. The average molecular weight is 235 g/mol. The fourth-order valence-corrected chi connectivity index (χ4v) is 2.20. The maximum atomic E-state index is 5.96. The average Bonchev–Trinajstić information content (AvgIpc) is 2.67. The Hall–Kier alpha value is -1.49. The topological polar surface area (TPSA) is 64.9 Å². The van der Waals surface area contributed by atoms with Gasteiger partial charge in [0.05, 0.1) is 5.75 Å². The van der Waals surface area contributed by atoms with Gasteiger partial charge < -0.3 is 10.2 Å². The summed E-state index contributed by atoms with van der Waals surface area (Å²) in [4.78, 5) is 1.05. The Labute approximate surface area is 98.2 Å². The molecule has 84 valence electrons. The molecule has 1 heterocycles. The third-order valence-electron chi connectivity index (χ3n) is 2.20. The summed E-state index contributed by atoms with van der Waals surface area (Å²) >= 11 is 1.61. The van der Waals surface area contributed by atoms with Crippen LogP contribution in [0, 0.1) is 13.8 Å². The molecule has 0 fully saturated rings. The monoisotopic (exact) mass is 235 g/mol. The maximum Gasteiger partial charge on any atom is 0.226 e. The smallest absolute Gasteiger partial charge is 0.226 e. The highest BCUT2D eigenvalue weighted by Gasteiger charge is 2.06. The van der Waals surface area contributed by atoms with Gasteiger partial charge >= 0.3 is 0 Å². The highest BCUT2D eigenvalue weighted by atomic mass is 32.2. The van der Waals surface area contributed by atoms with Gasteiger partial charge in [-0.2, -0.15) is 0 Å². The molecule has 0 aliphatic rings. The van der Waals surface area contributed by atoms with Gasteiger partial charge in [-0.1, -0.05) is 12.1 Å². The number of hydrogen-bond donors (Lipinski definition) is 1. The molecule has 0 amide bonds. The molecule has 1 aromatic heterocycles. The van der Waals surface area contributed by atoms with Gasteiger partial charge in [0, 0.05) is 17.5 Å². The number of benzene rings is 1. The molecular formula is C11H13N3OS. The Morgan fingerprint density at radius 1 is 1.31 bits per heavy atom. The molecule has 2 aromatic rings. The first-order valence-corrected chi connectivity index (χ1v) is 5.92. The molecule has 4 nitrogen and oxygen atoms in total. The molecule has 5 heteroatoms. The largest absolute Gasteiger partial charge is 0.425 e. The minimum Gasteiger partial charge on any atom is -0.425 e. The summed E-state index contributed by atoms with van der Waals surface area (Å²) in [6.07, 6.45) is 0. The van der Waals surface area contributed by atoms with Crippen LogP contribution in [0.2, 0.25) is 0 Å². The van der Waals surface area contributed by atoms with Gasteiger partial charge in [-0.15, -0.1) is 22.0 Å². The molecule has 2 N–H and O–H groups in total. The van der Waals surface area contributed by atoms with Crippen LogP contribution in [-0.4, -0.2) is 10.2 Å². The summed E-state index contributed by atoms with van der Waals surface area (Å²) in [5.41, 5.74) is 7.88. The molecule has 2 rings (SSSR count). The van der Waals surface area contributed by atoms with E-state index in [0.29, 0.717) is 17.5 Å². The van der Waals surface area contributed by atoms with Crippen molar-refractivity contribution in [1.82, 2.24) is 10.2 Å². The Morgan fingerprint density at radius 2 is 2.12 bits per heavy atom. The zero-order chi connectivity index (χ0) is 11.5. The number of anilines is 1. The highest BCUT2D eigenvalue weighted by Crippen LogP contribution is 2.29. The first-order chi connectivity index (χ1) is 7.66. The second kappa shape index (κ2) is 4.57. The number of thioether (sulfide) groups is 1. The summed E-state index contributed by atoms with van der Waals surface area (Å²) in [5.74, 6) is 1.87. The normalized spacial score (nSPS) is 10.6. The molecule has 0 radical (unpaired) electrons. The maximum absolute atomic E-state index is 5.96. The van der Waals surface area contributed by atoms with E-state index < -0.39 is 0 Å². The fourth-order valence-electron chi connectivity index (χ4n) is 1.31. The molecule has 0 aliphatic carbocycles. The van der Waals surface area contributed by atoms with Crippen LogP contribution in [0.3, 0.4) is 0 Å². The second-order valence-electron chi connectivity index (χ2n) is 3.49. The Balaban J connectivity index is 2.07. The number of nitrogens with zero attached hydrogens (tertiary/aromatic N) is 2. The molecule has 0 aliphatic heterocycles. The molecule has 0 atom stereocenters. The second-order valence-corrected chi connectivity index (χ2v) is 4.51. The van der Waals surface area contributed by atoms with Crippen molar-refractivity contribution in [3.05, 3.63) is 35.5 Å². The molecule has 1 aromatic carbocycles. The van der Waals surface area contributed by atoms with Crippen LogP contribution in [0.4, 0.5) is 5.69 Å². The minimum absolute atomic E-state index is 0.591. The summed E-state index contributed by atoms with van der Waals surface area (Å²) < 4.78 is 5.29. The first kappa shape index (κ1) is 11.0. The van der Waals surface area contributed by atoms with Gasteiger partial charge in [0.15, 0.2) is 0 Å². The van der Waals surface area contributed by atoms with E-state index in [4.69, 9.17) is 10.2 Å². The van der Waals surface area contributed by atoms with Gasteiger partial charge in [-0.05, 0) is 18.6 Å². The van der Waals surface area contributed by atoms with Crippen molar-refractivity contribution in [2.24, 2.45) is 0 Å². The predicted octanol–water partition coefficient (Wildman–Crippen LogP) is 2.56. The first-order valence-electron chi connectivity index (χ1n) is 4.93. The van der Waals surface area contributed by atoms with E-state index in [9.17, 15) is 0 Å². The van der Waals surface area contributed by atoms with Gasteiger partial charge in [0.2, 0.25) is 11.8 Å². The third kappa shape index (κ3) is 2.36. The van der Waals surface area contributed by atoms with Crippen molar-refractivity contribution in [2.45, 2.75) is 24.5 Å². The molecule has 0 saturated carbocycles. The van der Waals surface area contributed by atoms with E-state index in [2.05, 4.69) is 10.2 Å². The van der Waals surface area contributed by atoms with Crippen LogP contribution in [0.25, 0.3) is 0 Å². The van der Waals surface area contributed by atoms with Crippen LogP contribution < -0.4 is 5.73 Å². The summed E-state index contributed by atoms with van der Waals surface area (Å²) in [5, 5.41) is 7.71. The minimum atomic E-state index is 0.591. The van der Waals surface area contributed by atoms with Crippen molar-refractivity contribution < 1.29 is 4.42 Å². The number of aromatic nitrogens is 2.